The summed E-state index contributed by atoms with van der Waals surface area (Å²) in [5, 5.41) is 5.50. The summed E-state index contributed by atoms with van der Waals surface area (Å²) in [6.07, 6.45) is 0.109. The lowest BCUT2D eigenvalue weighted by Gasteiger charge is -2.29. The number of fused-ring (bicyclic) bond motifs is 4. The predicted octanol–water partition coefficient (Wildman–Crippen LogP) is 2.95. The summed E-state index contributed by atoms with van der Waals surface area (Å²) >= 11 is 1.62. The average Bonchev–Trinajstić information content (AvgIpc) is 3.22. The van der Waals surface area contributed by atoms with E-state index < -0.39 is 10.8 Å². The number of nitrogens with zero attached hydrogens (tertiary/aromatic N) is 1. The van der Waals surface area contributed by atoms with Gasteiger partial charge in [-0.25, -0.2) is 0 Å². The molecule has 2 N–H and O–H groups in total. The van der Waals surface area contributed by atoms with Crippen LogP contribution in [-0.4, -0.2) is 53.2 Å². The number of ether oxygens (including phenoxy) is 2. The van der Waals surface area contributed by atoms with Crippen LogP contribution >= 0.6 is 11.8 Å². The molecule has 172 valence electrons. The highest BCUT2D eigenvalue weighted by molar-refractivity contribution is 8.01. The van der Waals surface area contributed by atoms with Gasteiger partial charge in [-0.1, -0.05) is 18.2 Å². The maximum atomic E-state index is 13.1. The summed E-state index contributed by atoms with van der Waals surface area (Å²) in [4.78, 5) is 40.2. The molecule has 2 aromatic carbocycles. The summed E-state index contributed by atoms with van der Waals surface area (Å²) in [5.41, 5.74) is 2.21. The number of carbonyl (C=O) groups excluding carboxylic acids is 3. The standard InChI is InChI=1S/C24H25N3O5S/c1-24(2)20(27-22(30)15-5-3-4-6-16(15)23(27)33-24)21(29)25-10-9-19(28)26-14-7-8-17-18(13-14)32-12-11-31-17/h3-8,13,20,23H,9-12H2,1-2H3,(H,25,29)(H,26,28)/t20-,23+/m1/s1. The molecule has 0 saturated carbocycles. The maximum absolute atomic E-state index is 13.1. The van der Waals surface area contributed by atoms with E-state index in [9.17, 15) is 14.4 Å². The predicted molar refractivity (Wildman–Crippen MR) is 124 cm³/mol. The van der Waals surface area contributed by atoms with E-state index in [0.717, 1.165) is 5.56 Å². The smallest absolute Gasteiger partial charge is 0.256 e. The molecule has 2 aromatic rings. The normalized spacial score (nSPS) is 21.9. The van der Waals surface area contributed by atoms with Crippen molar-refractivity contribution in [3.63, 3.8) is 0 Å². The molecule has 3 heterocycles. The monoisotopic (exact) mass is 467 g/mol. The topological polar surface area (TPSA) is 97.0 Å². The van der Waals surface area contributed by atoms with E-state index in [1.807, 2.05) is 32.0 Å². The number of anilines is 1. The average molecular weight is 468 g/mol. The van der Waals surface area contributed by atoms with Crippen LogP contribution in [0.3, 0.4) is 0 Å². The van der Waals surface area contributed by atoms with E-state index in [0.29, 0.717) is 36.0 Å². The van der Waals surface area contributed by atoms with Gasteiger partial charge in [-0.15, -0.1) is 11.8 Å². The Morgan fingerprint density at radius 3 is 2.70 bits per heavy atom. The molecule has 0 bridgehead atoms. The molecule has 1 saturated heterocycles. The molecule has 3 aliphatic heterocycles. The number of amides is 3. The molecule has 5 rings (SSSR count). The molecule has 1 fully saturated rings. The summed E-state index contributed by atoms with van der Waals surface area (Å²) in [5.74, 6) is 0.655. The largest absolute Gasteiger partial charge is 0.486 e. The molecule has 2 atom stereocenters. The third-order valence-electron chi connectivity index (χ3n) is 6.02. The lowest BCUT2D eigenvalue weighted by Crippen LogP contribution is -2.52. The van der Waals surface area contributed by atoms with Crippen LogP contribution in [0.5, 0.6) is 11.5 Å². The van der Waals surface area contributed by atoms with Crippen LogP contribution in [0.15, 0.2) is 42.5 Å². The number of hydrogen-bond donors (Lipinski definition) is 2. The zero-order chi connectivity index (χ0) is 23.2. The van der Waals surface area contributed by atoms with Gasteiger partial charge in [-0.3, -0.25) is 14.4 Å². The van der Waals surface area contributed by atoms with E-state index in [2.05, 4.69) is 10.6 Å². The number of nitrogens with one attached hydrogen (secondary N) is 2. The van der Waals surface area contributed by atoms with Gasteiger partial charge in [-0.2, -0.15) is 0 Å². The summed E-state index contributed by atoms with van der Waals surface area (Å²) < 4.78 is 10.6. The summed E-state index contributed by atoms with van der Waals surface area (Å²) in [7, 11) is 0. The Bertz CT molecular complexity index is 1130. The molecule has 9 heteroatoms. The number of thioether (sulfide) groups is 1. The summed E-state index contributed by atoms with van der Waals surface area (Å²) in [6, 6.07) is 12.1. The molecule has 33 heavy (non-hydrogen) atoms. The fraction of sp³-hybridized carbons (Fsp3) is 0.375. The van der Waals surface area contributed by atoms with Crippen molar-refractivity contribution in [2.24, 2.45) is 0 Å². The first-order chi connectivity index (χ1) is 15.8. The number of hydrogen-bond acceptors (Lipinski definition) is 6. The fourth-order valence-corrected chi connectivity index (χ4v) is 6.13. The highest BCUT2D eigenvalue weighted by Gasteiger charge is 2.57. The van der Waals surface area contributed by atoms with Crippen molar-refractivity contribution < 1.29 is 23.9 Å². The molecule has 0 aliphatic carbocycles. The van der Waals surface area contributed by atoms with Gasteiger partial charge in [0, 0.05) is 35.0 Å². The van der Waals surface area contributed by atoms with Crippen molar-refractivity contribution in [3.05, 3.63) is 53.6 Å². The van der Waals surface area contributed by atoms with Crippen molar-refractivity contribution in [3.8, 4) is 11.5 Å². The van der Waals surface area contributed by atoms with Gasteiger partial charge in [-0.05, 0) is 37.6 Å². The molecule has 0 aromatic heterocycles. The molecule has 0 spiro atoms. The van der Waals surface area contributed by atoms with Crippen LogP contribution in [0.2, 0.25) is 0 Å². The Kier molecular flexibility index (Phi) is 5.44. The van der Waals surface area contributed by atoms with E-state index in [4.69, 9.17) is 9.47 Å². The van der Waals surface area contributed by atoms with E-state index in [1.54, 1.807) is 40.9 Å². The van der Waals surface area contributed by atoms with Gasteiger partial charge in [0.25, 0.3) is 5.91 Å². The minimum atomic E-state index is -0.617. The van der Waals surface area contributed by atoms with Crippen LogP contribution in [0.4, 0.5) is 5.69 Å². The Balaban J connectivity index is 1.19. The van der Waals surface area contributed by atoms with E-state index >= 15 is 0 Å². The summed E-state index contributed by atoms with van der Waals surface area (Å²) in [6.45, 7) is 5.10. The van der Waals surface area contributed by atoms with Gasteiger partial charge in [0.05, 0.1) is 0 Å². The molecule has 0 radical (unpaired) electrons. The maximum Gasteiger partial charge on any atom is 0.256 e. The van der Waals surface area contributed by atoms with Gasteiger partial charge >= 0.3 is 0 Å². The SMILES string of the molecule is CC1(C)S[C@H]2c3ccccc3C(=O)N2[C@@H]1C(=O)NCCC(=O)Nc1ccc2c(c1)OCCO2. The molecular formula is C24H25N3O5S. The van der Waals surface area contributed by atoms with Crippen molar-refractivity contribution in [2.75, 3.05) is 25.1 Å². The first-order valence-corrected chi connectivity index (χ1v) is 11.8. The Hall–Kier alpha value is -3.20. The second-order valence-electron chi connectivity index (χ2n) is 8.72. The van der Waals surface area contributed by atoms with Gasteiger partial charge in [0.15, 0.2) is 11.5 Å². The van der Waals surface area contributed by atoms with E-state index in [1.165, 1.54) is 0 Å². The first kappa shape index (κ1) is 21.6. The fourth-order valence-electron chi connectivity index (χ4n) is 4.55. The van der Waals surface area contributed by atoms with Crippen LogP contribution in [-0.2, 0) is 9.59 Å². The van der Waals surface area contributed by atoms with Gasteiger partial charge < -0.3 is 25.0 Å². The third kappa shape index (κ3) is 3.90. The highest BCUT2D eigenvalue weighted by Crippen LogP contribution is 2.56. The number of rotatable bonds is 5. The number of carbonyl (C=O) groups is 3. The second kappa shape index (κ2) is 8.30. The third-order valence-corrected chi connectivity index (χ3v) is 7.56. The number of benzene rings is 2. The minimum Gasteiger partial charge on any atom is -0.486 e. The minimum absolute atomic E-state index is 0.109. The zero-order valence-corrected chi connectivity index (χ0v) is 19.2. The van der Waals surface area contributed by atoms with Crippen LogP contribution < -0.4 is 20.1 Å². The second-order valence-corrected chi connectivity index (χ2v) is 10.5. The van der Waals surface area contributed by atoms with Crippen molar-refractivity contribution in [2.45, 2.75) is 36.4 Å². The lowest BCUT2D eigenvalue weighted by atomic mass is 10.0. The quantitative estimate of drug-likeness (QED) is 0.702. The van der Waals surface area contributed by atoms with E-state index in [-0.39, 0.29) is 36.1 Å². The molecule has 8 nitrogen and oxygen atoms in total. The van der Waals surface area contributed by atoms with Crippen LogP contribution in [0.25, 0.3) is 0 Å². The molecule has 3 aliphatic rings. The first-order valence-electron chi connectivity index (χ1n) is 10.9. The molecular weight excluding hydrogens is 442 g/mol. The Labute approximate surface area is 196 Å². The van der Waals surface area contributed by atoms with Gasteiger partial charge in [0.1, 0.15) is 24.6 Å². The lowest BCUT2D eigenvalue weighted by molar-refractivity contribution is -0.126. The van der Waals surface area contributed by atoms with Gasteiger partial charge in [0.2, 0.25) is 11.8 Å². The van der Waals surface area contributed by atoms with Crippen molar-refractivity contribution in [1.29, 1.82) is 0 Å². The highest BCUT2D eigenvalue weighted by atomic mass is 32.2. The zero-order valence-electron chi connectivity index (χ0n) is 18.4. The molecule has 0 unspecified atom stereocenters. The van der Waals surface area contributed by atoms with Crippen molar-refractivity contribution in [1.82, 2.24) is 10.2 Å². The molecule has 3 amide bonds. The van der Waals surface area contributed by atoms with Crippen molar-refractivity contribution >= 4 is 35.2 Å². The Morgan fingerprint density at radius 1 is 1.12 bits per heavy atom. The van der Waals surface area contributed by atoms with Crippen LogP contribution in [0.1, 0.15) is 41.6 Å². The Morgan fingerprint density at radius 2 is 1.88 bits per heavy atom. The van der Waals surface area contributed by atoms with Crippen LogP contribution in [0, 0.1) is 0 Å².